The van der Waals surface area contributed by atoms with Crippen molar-refractivity contribution in [2.75, 3.05) is 0 Å². The van der Waals surface area contributed by atoms with Crippen LogP contribution in [0.1, 0.15) is 155 Å². The van der Waals surface area contributed by atoms with Crippen molar-refractivity contribution in [3.8, 4) is 90.0 Å². The molecule has 0 atom stereocenters. The Morgan fingerprint density at radius 1 is 0.296 bits per heavy atom. The van der Waals surface area contributed by atoms with E-state index in [4.69, 9.17) is 21.5 Å². The van der Waals surface area contributed by atoms with Crippen molar-refractivity contribution in [2.24, 2.45) is 0 Å². The summed E-state index contributed by atoms with van der Waals surface area (Å²) in [5.41, 5.74) is 28.0. The van der Waals surface area contributed by atoms with Gasteiger partial charge in [-0.05, 0) is 197 Å². The van der Waals surface area contributed by atoms with Crippen molar-refractivity contribution < 1.29 is 0 Å². The number of rotatable bonds is 7. The third kappa shape index (κ3) is 9.97. The van der Waals surface area contributed by atoms with E-state index in [0.29, 0.717) is 23.2 Å². The molecule has 0 saturated carbocycles. The molecule has 2 aliphatic carbocycles. The van der Waals surface area contributed by atoms with Crippen LogP contribution in [0.15, 0.2) is 218 Å². The van der Waals surface area contributed by atoms with Crippen LogP contribution in [0, 0.1) is 6.57 Å². The standard InChI is InChI=1S/C92H84N6/c1-87(2,3)59-41-57(42-60(48-59)88(4,5)6)85-94-84(95-86(96-85)58-43-61(89(7,8)9)49-62(44-58)90(10,11)12)56-38-40-81(98-79-36-25-21-32-67(79)73-51-69-65-30-19-23-34-75(65)92(15,16)77(69)53-83(73)98)71(47-56)70-46-55(54-27-26-28-63(45-54)93-17)37-39-80(70)97-78-35-24-20-31-66(78)72-50-68-64-29-18-22-33-74(64)91(13,14)76(68)52-82(72)97/h18-53H,1-16H3. The third-order valence-corrected chi connectivity index (χ3v) is 21.6. The molecule has 482 valence electrons. The molecule has 0 radical (unpaired) electrons. The second-order valence-corrected chi connectivity index (χ2v) is 32.9. The Morgan fingerprint density at radius 2 is 0.673 bits per heavy atom. The van der Waals surface area contributed by atoms with Gasteiger partial charge in [-0.3, -0.25) is 0 Å². The zero-order valence-corrected chi connectivity index (χ0v) is 59.5. The predicted molar refractivity (Wildman–Crippen MR) is 412 cm³/mol. The minimum Gasteiger partial charge on any atom is -0.309 e. The number of fused-ring (bicyclic) bond motifs is 12. The Kier molecular flexibility index (Phi) is 13.8. The van der Waals surface area contributed by atoms with E-state index in [9.17, 15) is 0 Å². The molecule has 16 rings (SSSR count). The second-order valence-electron chi connectivity index (χ2n) is 32.9. The van der Waals surface area contributed by atoms with Crippen molar-refractivity contribution in [3.05, 3.63) is 274 Å². The van der Waals surface area contributed by atoms with E-state index in [2.05, 4.69) is 325 Å². The maximum atomic E-state index is 8.23. The summed E-state index contributed by atoms with van der Waals surface area (Å²) in [6, 6.07) is 81.6. The Morgan fingerprint density at radius 3 is 1.10 bits per heavy atom. The average molecular weight is 1270 g/mol. The Hall–Kier alpha value is -10.5. The zero-order chi connectivity index (χ0) is 68.5. The molecule has 0 bridgehead atoms. The SMILES string of the molecule is [C-]#[N+]c1cccc(-c2ccc(-n3c4ccccc4c4cc5c(cc43)C(C)(C)c3ccccc3-5)c(-c3cc(-c4nc(-c5cc(C(C)(C)C)cc(C(C)(C)C)c5)nc(-c5cc(C(C)(C)C)cc(C(C)(C)C)c5)n4)ccc3-n3c4ccccc4c4cc5c(cc43)C(C)(C)c3ccccc3-5)c2)c1. The molecule has 0 fully saturated rings. The molecular weight excluding hydrogens is 1190 g/mol. The maximum absolute atomic E-state index is 8.23. The van der Waals surface area contributed by atoms with Crippen LogP contribution in [0.2, 0.25) is 0 Å². The topological polar surface area (TPSA) is 52.9 Å². The molecule has 0 saturated heterocycles. The van der Waals surface area contributed by atoms with Gasteiger partial charge >= 0.3 is 0 Å². The van der Waals surface area contributed by atoms with Gasteiger partial charge in [-0.25, -0.2) is 19.8 Å². The molecule has 98 heavy (non-hydrogen) atoms. The van der Waals surface area contributed by atoms with E-state index in [-0.39, 0.29) is 32.5 Å². The molecule has 0 unspecified atom stereocenters. The summed E-state index contributed by atoms with van der Waals surface area (Å²) in [5, 5.41) is 4.75. The van der Waals surface area contributed by atoms with Crippen LogP contribution in [-0.4, -0.2) is 24.1 Å². The lowest BCUT2D eigenvalue weighted by atomic mass is 9.79. The Bertz CT molecular complexity index is 5590. The van der Waals surface area contributed by atoms with E-state index in [1.807, 2.05) is 18.2 Å². The summed E-state index contributed by atoms with van der Waals surface area (Å²) >= 11 is 0. The largest absolute Gasteiger partial charge is 0.309 e. The summed E-state index contributed by atoms with van der Waals surface area (Å²) in [6.07, 6.45) is 0. The molecule has 3 heterocycles. The zero-order valence-electron chi connectivity index (χ0n) is 59.5. The molecular formula is C92H84N6. The fourth-order valence-electron chi connectivity index (χ4n) is 15.8. The summed E-state index contributed by atoms with van der Waals surface area (Å²) in [7, 11) is 0. The molecule has 14 aromatic rings. The maximum Gasteiger partial charge on any atom is 0.187 e. The molecule has 0 N–H and O–H groups in total. The quantitative estimate of drug-likeness (QED) is 0.149. The smallest absolute Gasteiger partial charge is 0.187 e. The van der Waals surface area contributed by atoms with Gasteiger partial charge in [-0.1, -0.05) is 232 Å². The van der Waals surface area contributed by atoms with Crippen molar-refractivity contribution >= 4 is 49.3 Å². The van der Waals surface area contributed by atoms with Crippen LogP contribution in [0.25, 0.3) is 139 Å². The molecule has 0 spiro atoms. The molecule has 0 amide bonds. The molecule has 0 aliphatic heterocycles. The van der Waals surface area contributed by atoms with Crippen LogP contribution in [0.5, 0.6) is 0 Å². The van der Waals surface area contributed by atoms with Crippen LogP contribution >= 0.6 is 0 Å². The fourth-order valence-corrected chi connectivity index (χ4v) is 15.8. The van der Waals surface area contributed by atoms with Gasteiger partial charge in [0.15, 0.2) is 23.2 Å². The van der Waals surface area contributed by atoms with Gasteiger partial charge in [-0.2, -0.15) is 0 Å². The van der Waals surface area contributed by atoms with E-state index in [1.54, 1.807) is 0 Å². The highest BCUT2D eigenvalue weighted by Gasteiger charge is 2.39. The van der Waals surface area contributed by atoms with Gasteiger partial charge in [-0.15, -0.1) is 0 Å². The van der Waals surface area contributed by atoms with Crippen molar-refractivity contribution in [3.63, 3.8) is 0 Å². The van der Waals surface area contributed by atoms with Crippen molar-refractivity contribution in [1.29, 1.82) is 0 Å². The lowest BCUT2D eigenvalue weighted by Gasteiger charge is -2.26. The van der Waals surface area contributed by atoms with E-state index >= 15 is 0 Å². The van der Waals surface area contributed by atoms with Crippen molar-refractivity contribution in [2.45, 2.75) is 143 Å². The summed E-state index contributed by atoms with van der Waals surface area (Å²) in [5.74, 6) is 1.82. The number of benzene rings is 11. The first kappa shape index (κ1) is 62.3. The van der Waals surface area contributed by atoms with Gasteiger partial charge in [0.05, 0.1) is 40.0 Å². The van der Waals surface area contributed by atoms with Crippen molar-refractivity contribution in [1.82, 2.24) is 24.1 Å². The predicted octanol–water partition coefficient (Wildman–Crippen LogP) is 24.8. The lowest BCUT2D eigenvalue weighted by Crippen LogP contribution is -2.17. The molecule has 6 nitrogen and oxygen atoms in total. The highest BCUT2D eigenvalue weighted by atomic mass is 15.0. The minimum atomic E-state index is -0.254. The van der Waals surface area contributed by atoms with Gasteiger partial charge in [0.1, 0.15) is 0 Å². The number of aromatic nitrogens is 5. The van der Waals surface area contributed by atoms with E-state index in [0.717, 1.165) is 72.4 Å². The average Bonchev–Trinajstić information content (AvgIpc) is 1.54. The summed E-state index contributed by atoms with van der Waals surface area (Å²) in [6.45, 7) is 45.2. The molecule has 2 aliphatic rings. The molecule has 6 heteroatoms. The Balaban J connectivity index is 1.05. The van der Waals surface area contributed by atoms with Crippen LogP contribution in [0.4, 0.5) is 5.69 Å². The third-order valence-electron chi connectivity index (χ3n) is 21.6. The Labute approximate surface area is 577 Å². The first-order valence-electron chi connectivity index (χ1n) is 34.8. The van der Waals surface area contributed by atoms with Gasteiger partial charge < -0.3 is 9.13 Å². The number of hydrogen-bond donors (Lipinski definition) is 0. The monoisotopic (exact) mass is 1270 g/mol. The van der Waals surface area contributed by atoms with Crippen LogP contribution in [0.3, 0.4) is 0 Å². The van der Waals surface area contributed by atoms with Gasteiger partial charge in [0, 0.05) is 60.2 Å². The minimum absolute atomic E-state index is 0.157. The van der Waals surface area contributed by atoms with Crippen LogP contribution < -0.4 is 0 Å². The number of hydrogen-bond acceptors (Lipinski definition) is 3. The van der Waals surface area contributed by atoms with E-state index < -0.39 is 0 Å². The van der Waals surface area contributed by atoms with E-state index in [1.165, 1.54) is 88.3 Å². The highest BCUT2D eigenvalue weighted by Crippen LogP contribution is 2.54. The van der Waals surface area contributed by atoms with Gasteiger partial charge in [0.2, 0.25) is 0 Å². The first-order valence-corrected chi connectivity index (χ1v) is 34.8. The lowest BCUT2D eigenvalue weighted by molar-refractivity contribution is 0.568. The number of para-hydroxylation sites is 2. The second kappa shape index (κ2) is 21.8. The highest BCUT2D eigenvalue weighted by molar-refractivity contribution is 6.14. The van der Waals surface area contributed by atoms with Gasteiger partial charge in [0.25, 0.3) is 0 Å². The summed E-state index contributed by atoms with van der Waals surface area (Å²) in [4.78, 5) is 21.0. The fraction of sp³-hybridized carbons (Fsp3) is 0.239. The number of nitrogens with zero attached hydrogens (tertiary/aromatic N) is 6. The molecule has 11 aromatic carbocycles. The molecule has 3 aromatic heterocycles. The summed E-state index contributed by atoms with van der Waals surface area (Å²) < 4.78 is 5.05. The normalized spacial score (nSPS) is 14.1. The van der Waals surface area contributed by atoms with Crippen LogP contribution in [-0.2, 0) is 32.5 Å². The first-order chi connectivity index (χ1) is 46.5.